The molecular weight excluding hydrogens is 318 g/mol. The molecule has 0 bridgehead atoms. The standard InChI is InChI=1S/C18H17N5O2/c1-11-6-3-4-7-13(11)22-17(24)15-12(2)21-18-19-10-20-23(18)16(15)14-8-5-9-25-14/h3-10,16H,1-2H3,(H,22,24)(H,19,20,21)/t16-/m1/s1. The Kier molecular flexibility index (Phi) is 3.61. The number of para-hydroxylation sites is 1. The van der Waals surface area contributed by atoms with Crippen LogP contribution in [0.15, 0.2) is 64.7 Å². The summed E-state index contributed by atoms with van der Waals surface area (Å²) in [6.07, 6.45) is 3.04. The molecule has 0 unspecified atom stereocenters. The zero-order chi connectivity index (χ0) is 17.4. The van der Waals surface area contributed by atoms with Crippen molar-refractivity contribution in [3.05, 3.63) is 71.6 Å². The lowest BCUT2D eigenvalue weighted by Crippen LogP contribution is -2.31. The molecule has 2 aromatic heterocycles. The lowest BCUT2D eigenvalue weighted by molar-refractivity contribution is -0.113. The van der Waals surface area contributed by atoms with Gasteiger partial charge >= 0.3 is 0 Å². The first-order valence-corrected chi connectivity index (χ1v) is 7.93. The number of hydrogen-bond donors (Lipinski definition) is 2. The van der Waals surface area contributed by atoms with E-state index in [2.05, 4.69) is 20.7 Å². The number of carbonyl (C=O) groups is 1. The summed E-state index contributed by atoms with van der Waals surface area (Å²) in [5, 5.41) is 10.4. The van der Waals surface area contributed by atoms with E-state index in [0.717, 1.165) is 11.3 Å². The Bertz CT molecular complexity index is 956. The third-order valence-electron chi connectivity index (χ3n) is 4.24. The normalized spacial score (nSPS) is 16.3. The van der Waals surface area contributed by atoms with Crippen LogP contribution in [-0.4, -0.2) is 20.7 Å². The van der Waals surface area contributed by atoms with E-state index in [4.69, 9.17) is 4.42 Å². The van der Waals surface area contributed by atoms with Crippen molar-refractivity contribution in [2.75, 3.05) is 10.6 Å². The summed E-state index contributed by atoms with van der Waals surface area (Å²) in [6.45, 7) is 3.80. The number of nitrogens with zero attached hydrogens (tertiary/aromatic N) is 3. The number of anilines is 2. The summed E-state index contributed by atoms with van der Waals surface area (Å²) in [7, 11) is 0. The fourth-order valence-corrected chi connectivity index (χ4v) is 3.00. The molecule has 2 N–H and O–H groups in total. The van der Waals surface area contributed by atoms with Crippen LogP contribution < -0.4 is 10.6 Å². The molecule has 0 fully saturated rings. The molecule has 0 saturated carbocycles. The highest BCUT2D eigenvalue weighted by Crippen LogP contribution is 2.35. The van der Waals surface area contributed by atoms with Gasteiger partial charge in [0.15, 0.2) is 0 Å². The summed E-state index contributed by atoms with van der Waals surface area (Å²) < 4.78 is 7.22. The van der Waals surface area contributed by atoms with E-state index in [1.54, 1.807) is 17.0 Å². The SMILES string of the molecule is CC1=C(C(=O)Nc2ccccc2C)[C@@H](c2ccco2)n2ncnc2N1. The summed E-state index contributed by atoms with van der Waals surface area (Å²) in [4.78, 5) is 17.2. The lowest BCUT2D eigenvalue weighted by atomic mass is 10.00. The Labute approximate surface area is 144 Å². The number of aromatic nitrogens is 3. The van der Waals surface area contributed by atoms with Crippen LogP contribution in [0, 0.1) is 6.92 Å². The smallest absolute Gasteiger partial charge is 0.256 e. The Morgan fingerprint density at radius 2 is 2.08 bits per heavy atom. The minimum Gasteiger partial charge on any atom is -0.467 e. The Morgan fingerprint density at radius 3 is 2.84 bits per heavy atom. The number of rotatable bonds is 3. The topological polar surface area (TPSA) is 85.0 Å². The quantitative estimate of drug-likeness (QED) is 0.768. The van der Waals surface area contributed by atoms with Gasteiger partial charge in [0.2, 0.25) is 5.95 Å². The van der Waals surface area contributed by atoms with Gasteiger partial charge in [-0.1, -0.05) is 18.2 Å². The molecule has 1 amide bonds. The first-order valence-electron chi connectivity index (χ1n) is 7.93. The molecule has 7 heteroatoms. The molecule has 3 aromatic rings. The number of benzene rings is 1. The van der Waals surface area contributed by atoms with Crippen molar-refractivity contribution < 1.29 is 9.21 Å². The molecule has 0 aliphatic carbocycles. The van der Waals surface area contributed by atoms with Crippen molar-refractivity contribution >= 4 is 17.5 Å². The zero-order valence-electron chi connectivity index (χ0n) is 13.9. The van der Waals surface area contributed by atoms with Gasteiger partial charge in [-0.05, 0) is 37.6 Å². The number of aryl methyl sites for hydroxylation is 1. The third-order valence-corrected chi connectivity index (χ3v) is 4.24. The molecule has 0 saturated heterocycles. The Hall–Kier alpha value is -3.35. The highest BCUT2D eigenvalue weighted by atomic mass is 16.3. The van der Waals surface area contributed by atoms with Gasteiger partial charge in [0.05, 0.1) is 11.8 Å². The van der Waals surface area contributed by atoms with Crippen LogP contribution in [0.25, 0.3) is 0 Å². The van der Waals surface area contributed by atoms with Crippen molar-refractivity contribution in [3.63, 3.8) is 0 Å². The molecular formula is C18H17N5O2. The monoisotopic (exact) mass is 335 g/mol. The van der Waals surface area contributed by atoms with E-state index in [9.17, 15) is 4.79 Å². The Morgan fingerprint density at radius 1 is 1.24 bits per heavy atom. The van der Waals surface area contributed by atoms with E-state index in [-0.39, 0.29) is 5.91 Å². The predicted molar refractivity (Wildman–Crippen MR) is 93.0 cm³/mol. The van der Waals surface area contributed by atoms with Gasteiger partial charge in [-0.15, -0.1) is 0 Å². The van der Waals surface area contributed by atoms with E-state index >= 15 is 0 Å². The van der Waals surface area contributed by atoms with Crippen molar-refractivity contribution in [2.45, 2.75) is 19.9 Å². The summed E-state index contributed by atoms with van der Waals surface area (Å²) in [5.41, 5.74) is 3.02. The molecule has 3 heterocycles. The average molecular weight is 335 g/mol. The van der Waals surface area contributed by atoms with Crippen LogP contribution in [0.1, 0.15) is 24.3 Å². The fourth-order valence-electron chi connectivity index (χ4n) is 3.00. The van der Waals surface area contributed by atoms with Gasteiger partial charge in [-0.2, -0.15) is 10.1 Å². The van der Waals surface area contributed by atoms with E-state index < -0.39 is 6.04 Å². The van der Waals surface area contributed by atoms with Gasteiger partial charge < -0.3 is 15.1 Å². The van der Waals surface area contributed by atoms with Crippen molar-refractivity contribution in [1.29, 1.82) is 0 Å². The van der Waals surface area contributed by atoms with E-state index in [0.29, 0.717) is 23.0 Å². The molecule has 1 aromatic carbocycles. The largest absolute Gasteiger partial charge is 0.467 e. The second-order valence-electron chi connectivity index (χ2n) is 5.88. The number of allylic oxidation sites excluding steroid dienone is 1. The van der Waals surface area contributed by atoms with Gasteiger partial charge in [-0.25, -0.2) is 4.68 Å². The van der Waals surface area contributed by atoms with Crippen molar-refractivity contribution in [2.24, 2.45) is 0 Å². The molecule has 126 valence electrons. The van der Waals surface area contributed by atoms with Crippen molar-refractivity contribution in [1.82, 2.24) is 14.8 Å². The first-order chi connectivity index (χ1) is 12.1. The Balaban J connectivity index is 1.76. The highest BCUT2D eigenvalue weighted by Gasteiger charge is 2.35. The maximum Gasteiger partial charge on any atom is 0.256 e. The van der Waals surface area contributed by atoms with Crippen LogP contribution >= 0.6 is 0 Å². The number of carbonyl (C=O) groups excluding carboxylic acids is 1. The fraction of sp³-hybridized carbons (Fsp3) is 0.167. The van der Waals surface area contributed by atoms with Crippen LogP contribution in [0.3, 0.4) is 0 Å². The number of furan rings is 1. The highest BCUT2D eigenvalue weighted by molar-refractivity contribution is 6.06. The molecule has 1 aliphatic heterocycles. The average Bonchev–Trinajstić information content (AvgIpc) is 3.26. The van der Waals surface area contributed by atoms with Crippen LogP contribution in [0.2, 0.25) is 0 Å². The number of fused-ring (bicyclic) bond motifs is 1. The minimum absolute atomic E-state index is 0.207. The molecule has 0 radical (unpaired) electrons. The summed E-state index contributed by atoms with van der Waals surface area (Å²) >= 11 is 0. The second-order valence-corrected chi connectivity index (χ2v) is 5.88. The number of hydrogen-bond acceptors (Lipinski definition) is 5. The first kappa shape index (κ1) is 15.2. The van der Waals surface area contributed by atoms with Gasteiger partial charge in [-0.3, -0.25) is 4.79 Å². The van der Waals surface area contributed by atoms with Gasteiger partial charge in [0.1, 0.15) is 18.1 Å². The van der Waals surface area contributed by atoms with Gasteiger partial charge in [0, 0.05) is 11.4 Å². The molecule has 4 rings (SSSR count). The molecule has 7 nitrogen and oxygen atoms in total. The molecule has 0 spiro atoms. The van der Waals surface area contributed by atoms with Crippen LogP contribution in [-0.2, 0) is 4.79 Å². The molecule has 1 atom stereocenters. The van der Waals surface area contributed by atoms with Gasteiger partial charge in [0.25, 0.3) is 5.91 Å². The molecule has 1 aliphatic rings. The lowest BCUT2D eigenvalue weighted by Gasteiger charge is -2.27. The number of amides is 1. The maximum absolute atomic E-state index is 13.1. The predicted octanol–water partition coefficient (Wildman–Crippen LogP) is 3.11. The van der Waals surface area contributed by atoms with E-state index in [1.165, 1.54) is 6.33 Å². The van der Waals surface area contributed by atoms with Crippen molar-refractivity contribution in [3.8, 4) is 0 Å². The zero-order valence-corrected chi connectivity index (χ0v) is 13.9. The number of nitrogens with one attached hydrogen (secondary N) is 2. The second kappa shape index (κ2) is 5.94. The van der Waals surface area contributed by atoms with Crippen LogP contribution in [0.4, 0.5) is 11.6 Å². The summed E-state index contributed by atoms with van der Waals surface area (Å²) in [6, 6.07) is 10.8. The molecule has 25 heavy (non-hydrogen) atoms. The van der Waals surface area contributed by atoms with Crippen LogP contribution in [0.5, 0.6) is 0 Å². The summed E-state index contributed by atoms with van der Waals surface area (Å²) in [5.74, 6) is 0.996. The minimum atomic E-state index is -0.474. The maximum atomic E-state index is 13.1. The van der Waals surface area contributed by atoms with E-state index in [1.807, 2.05) is 44.2 Å². The third kappa shape index (κ3) is 2.59.